The molecule has 0 atom stereocenters. The second-order valence-corrected chi connectivity index (χ2v) is 7.61. The minimum absolute atomic E-state index is 1.03. The number of aromatic nitrogens is 2. The third kappa shape index (κ3) is 4.24. The van der Waals surface area contributed by atoms with Gasteiger partial charge in [0.15, 0.2) is 18.4 Å². The van der Waals surface area contributed by atoms with Crippen molar-refractivity contribution in [2.45, 2.75) is 25.8 Å². The quantitative estimate of drug-likeness (QED) is 0.508. The molecule has 1 aromatic carbocycles. The molecule has 126 valence electrons. The molecule has 0 saturated carbocycles. The molecule has 0 fully saturated rings. The van der Waals surface area contributed by atoms with Gasteiger partial charge in [-0.05, 0) is 18.1 Å². The van der Waals surface area contributed by atoms with Crippen LogP contribution >= 0.6 is 0 Å². The fourth-order valence-electron chi connectivity index (χ4n) is 3.27. The van der Waals surface area contributed by atoms with Gasteiger partial charge < -0.3 is 9.47 Å². The van der Waals surface area contributed by atoms with E-state index in [1.165, 1.54) is 35.1 Å². The summed E-state index contributed by atoms with van der Waals surface area (Å²) in [4.78, 5) is 3.38. The van der Waals surface area contributed by atoms with Gasteiger partial charge in [0, 0.05) is 35.7 Å². The molecular formula is C21H29N3+2. The molecule has 3 heteroatoms. The summed E-state index contributed by atoms with van der Waals surface area (Å²) in [6.45, 7) is 2.30. The predicted octanol–water partition coefficient (Wildman–Crippen LogP) is 3.34. The van der Waals surface area contributed by atoms with Gasteiger partial charge in [-0.3, -0.25) is 0 Å². The largest absolute Gasteiger partial charge is 0.361 e. The van der Waals surface area contributed by atoms with Crippen LogP contribution in [0.25, 0.3) is 10.9 Å². The average Bonchev–Trinajstić information content (AvgIpc) is 2.96. The normalized spacial score (nSPS) is 12.0. The van der Waals surface area contributed by atoms with Gasteiger partial charge in [-0.25, -0.2) is 4.57 Å². The van der Waals surface area contributed by atoms with Crippen LogP contribution in [0, 0.1) is 0 Å². The lowest BCUT2D eigenvalue weighted by molar-refractivity contribution is -0.873. The van der Waals surface area contributed by atoms with E-state index >= 15 is 0 Å². The van der Waals surface area contributed by atoms with Crippen molar-refractivity contribution in [2.24, 2.45) is 0 Å². The van der Waals surface area contributed by atoms with Crippen molar-refractivity contribution >= 4 is 10.9 Å². The van der Waals surface area contributed by atoms with Crippen LogP contribution in [0.5, 0.6) is 0 Å². The standard InChI is InChI=1S/C21H29N3/c1-24(2,3)16-8-15-23-14-7-6-9-19(23)13-12-18-17-22-21-11-5-4-10-20(18)21/h4-7,9-11,14,17,22H,8,12-13,15-16H2,1-3H3/q+2. The van der Waals surface area contributed by atoms with E-state index in [9.17, 15) is 0 Å². The summed E-state index contributed by atoms with van der Waals surface area (Å²) >= 11 is 0. The Bertz CT molecular complexity index is 796. The van der Waals surface area contributed by atoms with E-state index < -0.39 is 0 Å². The zero-order valence-corrected chi connectivity index (χ0v) is 15.1. The van der Waals surface area contributed by atoms with E-state index in [4.69, 9.17) is 0 Å². The molecule has 3 aromatic rings. The number of hydrogen-bond acceptors (Lipinski definition) is 0. The Morgan fingerprint density at radius 1 is 0.958 bits per heavy atom. The molecule has 2 heterocycles. The number of aryl methyl sites for hydroxylation is 3. The van der Waals surface area contributed by atoms with Crippen molar-refractivity contribution in [3.63, 3.8) is 0 Å². The molecule has 3 nitrogen and oxygen atoms in total. The number of pyridine rings is 1. The van der Waals surface area contributed by atoms with Gasteiger partial charge in [0.2, 0.25) is 0 Å². The summed E-state index contributed by atoms with van der Waals surface area (Å²) in [6.07, 6.45) is 7.74. The Labute approximate surface area is 145 Å². The topological polar surface area (TPSA) is 19.7 Å². The van der Waals surface area contributed by atoms with Crippen molar-refractivity contribution in [1.82, 2.24) is 4.98 Å². The maximum absolute atomic E-state index is 3.38. The Balaban J connectivity index is 1.67. The Morgan fingerprint density at radius 3 is 2.58 bits per heavy atom. The van der Waals surface area contributed by atoms with E-state index in [-0.39, 0.29) is 0 Å². The summed E-state index contributed by atoms with van der Waals surface area (Å²) in [5, 5.41) is 1.35. The summed E-state index contributed by atoms with van der Waals surface area (Å²) < 4.78 is 3.45. The molecule has 0 amide bonds. The van der Waals surface area contributed by atoms with E-state index in [1.54, 1.807) is 0 Å². The molecule has 0 radical (unpaired) electrons. The van der Waals surface area contributed by atoms with Gasteiger partial charge in [0.25, 0.3) is 0 Å². The number of benzene rings is 1. The van der Waals surface area contributed by atoms with E-state index in [2.05, 4.69) is 85.6 Å². The first-order chi connectivity index (χ1) is 11.5. The minimum atomic E-state index is 1.03. The number of fused-ring (bicyclic) bond motifs is 1. The Morgan fingerprint density at radius 2 is 1.75 bits per heavy atom. The fourth-order valence-corrected chi connectivity index (χ4v) is 3.27. The van der Waals surface area contributed by atoms with Crippen LogP contribution in [0.1, 0.15) is 17.7 Å². The third-order valence-corrected chi connectivity index (χ3v) is 4.59. The molecule has 0 saturated heterocycles. The van der Waals surface area contributed by atoms with E-state index in [1.807, 2.05) is 0 Å². The minimum Gasteiger partial charge on any atom is -0.361 e. The maximum atomic E-state index is 3.38. The number of H-pyrrole nitrogens is 1. The first kappa shape index (κ1) is 16.7. The van der Waals surface area contributed by atoms with Crippen LogP contribution in [0.4, 0.5) is 0 Å². The lowest BCUT2D eigenvalue weighted by atomic mass is 10.1. The maximum Gasteiger partial charge on any atom is 0.181 e. The number of nitrogens with zero attached hydrogens (tertiary/aromatic N) is 2. The number of hydrogen-bond donors (Lipinski definition) is 1. The number of rotatable bonds is 7. The summed E-state index contributed by atoms with van der Waals surface area (Å²) in [7, 11) is 6.77. The Hall–Kier alpha value is -2.13. The third-order valence-electron chi connectivity index (χ3n) is 4.59. The van der Waals surface area contributed by atoms with E-state index in [0.29, 0.717) is 0 Å². The molecule has 0 aliphatic heterocycles. The van der Waals surface area contributed by atoms with E-state index in [0.717, 1.165) is 23.9 Å². The highest BCUT2D eigenvalue weighted by molar-refractivity contribution is 5.83. The van der Waals surface area contributed by atoms with Gasteiger partial charge in [-0.15, -0.1) is 0 Å². The molecule has 24 heavy (non-hydrogen) atoms. The number of nitrogens with one attached hydrogen (secondary N) is 1. The number of para-hydroxylation sites is 1. The van der Waals surface area contributed by atoms with Crippen molar-refractivity contribution in [3.8, 4) is 0 Å². The highest BCUT2D eigenvalue weighted by Crippen LogP contribution is 2.19. The molecule has 0 spiro atoms. The van der Waals surface area contributed by atoms with Gasteiger partial charge in [0.05, 0.1) is 34.1 Å². The molecular weight excluding hydrogens is 294 g/mol. The molecule has 3 rings (SSSR count). The summed E-state index contributed by atoms with van der Waals surface area (Å²) in [5.41, 5.74) is 4.06. The van der Waals surface area contributed by atoms with Gasteiger partial charge in [-0.2, -0.15) is 0 Å². The van der Waals surface area contributed by atoms with Crippen molar-refractivity contribution < 1.29 is 9.05 Å². The summed E-state index contributed by atoms with van der Waals surface area (Å²) in [6, 6.07) is 15.1. The first-order valence-corrected chi connectivity index (χ1v) is 8.86. The van der Waals surface area contributed by atoms with Crippen LogP contribution < -0.4 is 4.57 Å². The number of aromatic amines is 1. The number of quaternary nitrogens is 1. The van der Waals surface area contributed by atoms with Crippen molar-refractivity contribution in [2.75, 3.05) is 27.7 Å². The molecule has 0 aliphatic rings. The second-order valence-electron chi connectivity index (χ2n) is 7.61. The monoisotopic (exact) mass is 323 g/mol. The summed E-state index contributed by atoms with van der Waals surface area (Å²) in [5.74, 6) is 0. The van der Waals surface area contributed by atoms with Crippen LogP contribution in [0.15, 0.2) is 54.9 Å². The second kappa shape index (κ2) is 7.18. The molecule has 0 unspecified atom stereocenters. The smallest absolute Gasteiger partial charge is 0.181 e. The van der Waals surface area contributed by atoms with Crippen LogP contribution in [0.3, 0.4) is 0 Å². The molecule has 0 aliphatic carbocycles. The molecule has 0 bridgehead atoms. The van der Waals surface area contributed by atoms with Crippen LogP contribution in [-0.2, 0) is 19.4 Å². The SMILES string of the molecule is C[N+](C)(C)CCC[n+]1ccccc1CCc1c[nH]c2ccccc12. The molecule has 1 N–H and O–H groups in total. The van der Waals surface area contributed by atoms with Gasteiger partial charge in [0.1, 0.15) is 0 Å². The average molecular weight is 323 g/mol. The molecule has 2 aromatic heterocycles. The fraction of sp³-hybridized carbons (Fsp3) is 0.381. The zero-order valence-electron chi connectivity index (χ0n) is 15.1. The highest BCUT2D eigenvalue weighted by atomic mass is 15.3. The van der Waals surface area contributed by atoms with Gasteiger partial charge >= 0.3 is 0 Å². The van der Waals surface area contributed by atoms with Crippen LogP contribution in [-0.4, -0.2) is 37.2 Å². The lowest BCUT2D eigenvalue weighted by Crippen LogP contribution is -2.42. The zero-order chi connectivity index (χ0) is 17.0. The van der Waals surface area contributed by atoms with Crippen LogP contribution in [0.2, 0.25) is 0 Å². The first-order valence-electron chi connectivity index (χ1n) is 8.86. The van der Waals surface area contributed by atoms with Crippen molar-refractivity contribution in [3.05, 3.63) is 66.1 Å². The highest BCUT2D eigenvalue weighted by Gasteiger charge is 2.13. The predicted molar refractivity (Wildman–Crippen MR) is 99.9 cm³/mol. The van der Waals surface area contributed by atoms with Gasteiger partial charge in [-0.1, -0.05) is 24.3 Å². The van der Waals surface area contributed by atoms with Crippen molar-refractivity contribution in [1.29, 1.82) is 0 Å². The lowest BCUT2D eigenvalue weighted by Gasteiger charge is -2.23. The Kier molecular flexibility index (Phi) is 5.00.